The molecular formula is C31H28N2O3S. The molecule has 0 radical (unpaired) electrons. The van der Waals surface area contributed by atoms with Gasteiger partial charge in [0.2, 0.25) is 0 Å². The van der Waals surface area contributed by atoms with Gasteiger partial charge in [-0.2, -0.15) is 4.99 Å². The standard InChI is InChI=1S/C31H28N2O3S/c1-22-12-14-23(15-13-22)26(21-28(34)25-10-6-3-7-11-25)20-27(24-8-4-2-5-9-24)29-30(35)32-31(37-29)33-16-18-36-19-17-33/h2-15,20H,16-19,21H2,1H3. The number of ether oxygens (including phenoxy) is 1. The number of rotatable bonds is 6. The van der Waals surface area contributed by atoms with Gasteiger partial charge in [-0.05, 0) is 41.5 Å². The molecule has 1 saturated heterocycles. The summed E-state index contributed by atoms with van der Waals surface area (Å²) in [6.45, 7) is 4.71. The van der Waals surface area contributed by atoms with Gasteiger partial charge >= 0.3 is 0 Å². The maximum Gasteiger partial charge on any atom is 0.286 e. The van der Waals surface area contributed by atoms with Crippen LogP contribution in [-0.4, -0.2) is 48.1 Å². The molecule has 1 amide bonds. The molecule has 0 spiro atoms. The second kappa shape index (κ2) is 11.5. The molecule has 0 atom stereocenters. The number of carbonyl (C=O) groups excluding carboxylic acids is 2. The third kappa shape index (κ3) is 5.98. The number of aliphatic imine (C=N–C) groups is 1. The van der Waals surface area contributed by atoms with Crippen molar-refractivity contribution < 1.29 is 14.3 Å². The lowest BCUT2D eigenvalue weighted by Gasteiger charge is -2.27. The van der Waals surface area contributed by atoms with E-state index in [1.807, 2.05) is 97.9 Å². The van der Waals surface area contributed by atoms with E-state index in [9.17, 15) is 9.59 Å². The van der Waals surface area contributed by atoms with Crippen molar-refractivity contribution in [1.82, 2.24) is 4.90 Å². The molecule has 5 rings (SSSR count). The Morgan fingerprint density at radius 1 is 0.892 bits per heavy atom. The molecule has 3 aromatic carbocycles. The number of allylic oxidation sites excluding steroid dienone is 3. The number of ketones is 1. The molecule has 37 heavy (non-hydrogen) atoms. The number of hydrogen-bond donors (Lipinski definition) is 0. The maximum absolute atomic E-state index is 13.3. The topological polar surface area (TPSA) is 59.0 Å². The molecule has 0 bridgehead atoms. The molecule has 0 unspecified atom stereocenters. The molecule has 1 fully saturated rings. The Balaban J connectivity index is 1.59. The SMILES string of the molecule is Cc1ccc(C(=CC(=C2SC(N3CCOCC3)=NC2=O)c2ccccc2)CC(=O)c2ccccc2)cc1. The Bertz CT molecular complexity index is 1370. The highest BCUT2D eigenvalue weighted by atomic mass is 32.2. The van der Waals surface area contributed by atoms with Gasteiger partial charge in [0, 0.05) is 30.6 Å². The third-order valence-electron chi connectivity index (χ3n) is 6.38. The number of hydrogen-bond acceptors (Lipinski definition) is 5. The fourth-order valence-corrected chi connectivity index (χ4v) is 5.37. The van der Waals surface area contributed by atoms with Crippen LogP contribution in [0.2, 0.25) is 0 Å². The van der Waals surface area contributed by atoms with Gasteiger partial charge in [-0.15, -0.1) is 0 Å². The monoisotopic (exact) mass is 508 g/mol. The Morgan fingerprint density at radius 3 is 2.16 bits per heavy atom. The Labute approximate surface area is 221 Å². The Kier molecular flexibility index (Phi) is 7.78. The molecule has 0 saturated carbocycles. The van der Waals surface area contributed by atoms with Crippen LogP contribution in [-0.2, 0) is 9.53 Å². The third-order valence-corrected chi connectivity index (χ3v) is 7.51. The van der Waals surface area contributed by atoms with E-state index in [1.54, 1.807) is 0 Å². The van der Waals surface area contributed by atoms with Crippen LogP contribution in [0, 0.1) is 6.92 Å². The first kappa shape index (κ1) is 24.9. The Morgan fingerprint density at radius 2 is 1.51 bits per heavy atom. The average Bonchev–Trinajstić information content (AvgIpc) is 3.34. The lowest BCUT2D eigenvalue weighted by molar-refractivity contribution is -0.113. The van der Waals surface area contributed by atoms with E-state index >= 15 is 0 Å². The molecule has 3 aromatic rings. The molecule has 2 aliphatic heterocycles. The van der Waals surface area contributed by atoms with Crippen LogP contribution in [0.5, 0.6) is 0 Å². The normalized spacial score (nSPS) is 17.5. The van der Waals surface area contributed by atoms with Crippen LogP contribution in [0.1, 0.15) is 33.5 Å². The van der Waals surface area contributed by atoms with E-state index in [0.29, 0.717) is 41.9 Å². The number of morpholine rings is 1. The molecule has 2 heterocycles. The average molecular weight is 509 g/mol. The van der Waals surface area contributed by atoms with Gasteiger partial charge in [-0.25, -0.2) is 0 Å². The zero-order valence-electron chi connectivity index (χ0n) is 20.7. The van der Waals surface area contributed by atoms with Gasteiger partial charge < -0.3 is 9.64 Å². The van der Waals surface area contributed by atoms with Crippen LogP contribution >= 0.6 is 11.8 Å². The van der Waals surface area contributed by atoms with Crippen molar-refractivity contribution in [3.63, 3.8) is 0 Å². The lowest BCUT2D eigenvalue weighted by atomic mass is 9.93. The summed E-state index contributed by atoms with van der Waals surface area (Å²) in [5.41, 5.74) is 5.30. The summed E-state index contributed by atoms with van der Waals surface area (Å²) < 4.78 is 5.47. The number of Topliss-reactive ketones (excluding diaryl/α,β-unsaturated/α-hetero) is 1. The van der Waals surface area contributed by atoms with Crippen LogP contribution in [0.25, 0.3) is 11.1 Å². The molecule has 0 aromatic heterocycles. The lowest BCUT2D eigenvalue weighted by Crippen LogP contribution is -2.38. The van der Waals surface area contributed by atoms with Crippen molar-refractivity contribution in [3.8, 4) is 0 Å². The second-order valence-electron chi connectivity index (χ2n) is 9.01. The van der Waals surface area contributed by atoms with E-state index in [0.717, 1.165) is 27.8 Å². The molecule has 0 N–H and O–H groups in total. The number of carbonyl (C=O) groups is 2. The Hall–Kier alpha value is -3.74. The van der Waals surface area contributed by atoms with Gasteiger partial charge in [0.05, 0.1) is 18.1 Å². The number of amidine groups is 1. The summed E-state index contributed by atoms with van der Waals surface area (Å²) in [4.78, 5) is 33.6. The van der Waals surface area contributed by atoms with Crippen LogP contribution in [0.3, 0.4) is 0 Å². The van der Waals surface area contributed by atoms with Gasteiger partial charge in [0.15, 0.2) is 11.0 Å². The highest BCUT2D eigenvalue weighted by Gasteiger charge is 2.30. The van der Waals surface area contributed by atoms with Gasteiger partial charge in [0.25, 0.3) is 5.91 Å². The minimum Gasteiger partial charge on any atom is -0.378 e. The first-order valence-electron chi connectivity index (χ1n) is 12.4. The molecule has 5 nitrogen and oxygen atoms in total. The van der Waals surface area contributed by atoms with Crippen molar-refractivity contribution in [2.45, 2.75) is 13.3 Å². The van der Waals surface area contributed by atoms with E-state index in [2.05, 4.69) is 9.89 Å². The molecule has 0 aliphatic carbocycles. The van der Waals surface area contributed by atoms with Crippen molar-refractivity contribution in [2.24, 2.45) is 4.99 Å². The number of nitrogens with zero attached hydrogens (tertiary/aromatic N) is 2. The van der Waals surface area contributed by atoms with Crippen molar-refractivity contribution >= 4 is 39.8 Å². The maximum atomic E-state index is 13.3. The number of benzene rings is 3. The first-order chi connectivity index (χ1) is 18.1. The summed E-state index contributed by atoms with van der Waals surface area (Å²) in [5, 5.41) is 0.711. The first-order valence-corrected chi connectivity index (χ1v) is 13.2. The van der Waals surface area contributed by atoms with Crippen molar-refractivity contribution in [2.75, 3.05) is 26.3 Å². The van der Waals surface area contributed by atoms with Gasteiger partial charge in [-0.1, -0.05) is 90.5 Å². The number of amides is 1. The minimum atomic E-state index is -0.251. The molecule has 186 valence electrons. The fourth-order valence-electron chi connectivity index (χ4n) is 4.33. The van der Waals surface area contributed by atoms with E-state index in [1.165, 1.54) is 11.8 Å². The highest BCUT2D eigenvalue weighted by molar-refractivity contribution is 8.18. The van der Waals surface area contributed by atoms with E-state index < -0.39 is 0 Å². The van der Waals surface area contributed by atoms with Crippen LogP contribution in [0.15, 0.2) is 101 Å². The summed E-state index contributed by atoms with van der Waals surface area (Å²) in [6, 6.07) is 27.3. The predicted molar refractivity (Wildman–Crippen MR) is 150 cm³/mol. The number of thioether (sulfide) groups is 1. The fraction of sp³-hybridized carbons (Fsp3) is 0.194. The molecule has 6 heteroatoms. The predicted octanol–water partition coefficient (Wildman–Crippen LogP) is 6.02. The second-order valence-corrected chi connectivity index (χ2v) is 9.99. The van der Waals surface area contributed by atoms with Gasteiger partial charge in [-0.3, -0.25) is 9.59 Å². The molecule has 2 aliphatic rings. The largest absolute Gasteiger partial charge is 0.378 e. The van der Waals surface area contributed by atoms with E-state index in [-0.39, 0.29) is 18.1 Å². The molecular weight excluding hydrogens is 480 g/mol. The van der Waals surface area contributed by atoms with Crippen LogP contribution < -0.4 is 0 Å². The zero-order chi connectivity index (χ0) is 25.6. The summed E-state index contributed by atoms with van der Waals surface area (Å²) in [5.74, 6) is -0.222. The van der Waals surface area contributed by atoms with Crippen molar-refractivity contribution in [3.05, 3.63) is 118 Å². The number of aryl methyl sites for hydroxylation is 1. The van der Waals surface area contributed by atoms with E-state index in [4.69, 9.17) is 4.74 Å². The van der Waals surface area contributed by atoms with Crippen molar-refractivity contribution in [1.29, 1.82) is 0 Å². The van der Waals surface area contributed by atoms with Crippen LogP contribution in [0.4, 0.5) is 0 Å². The van der Waals surface area contributed by atoms with Gasteiger partial charge in [0.1, 0.15) is 0 Å². The highest BCUT2D eigenvalue weighted by Crippen LogP contribution is 2.38. The smallest absolute Gasteiger partial charge is 0.286 e. The zero-order valence-corrected chi connectivity index (χ0v) is 21.5. The summed E-state index contributed by atoms with van der Waals surface area (Å²) >= 11 is 1.40. The minimum absolute atomic E-state index is 0.0282. The quantitative estimate of drug-likeness (QED) is 0.301. The summed E-state index contributed by atoms with van der Waals surface area (Å²) in [6.07, 6.45) is 2.21. The summed E-state index contributed by atoms with van der Waals surface area (Å²) in [7, 11) is 0.